The van der Waals surface area contributed by atoms with E-state index in [2.05, 4.69) is 0 Å². The molecule has 0 atom stereocenters. The van der Waals surface area contributed by atoms with Crippen LogP contribution in [0.1, 0.15) is 25.0 Å². The van der Waals surface area contributed by atoms with Crippen molar-refractivity contribution in [3.05, 3.63) is 71.5 Å². The molecule has 0 N–H and O–H groups in total. The Hall–Kier alpha value is -2.75. The van der Waals surface area contributed by atoms with Crippen LogP contribution in [0.4, 0.5) is 0 Å². The summed E-state index contributed by atoms with van der Waals surface area (Å²) in [7, 11) is 0. The first-order chi connectivity index (χ1) is 11.7. The lowest BCUT2D eigenvalue weighted by Gasteiger charge is -2.09. The molecule has 0 spiro atoms. The molecule has 2 aromatic carbocycles. The van der Waals surface area contributed by atoms with Gasteiger partial charge in [-0.2, -0.15) is 0 Å². The summed E-state index contributed by atoms with van der Waals surface area (Å²) in [4.78, 5) is 11.8. The summed E-state index contributed by atoms with van der Waals surface area (Å²) in [5.41, 5.74) is 1.96. The second-order valence-electron chi connectivity index (χ2n) is 5.01. The lowest BCUT2D eigenvalue weighted by molar-refractivity contribution is -0.142. The molecular weight excluding hydrogens is 304 g/mol. The normalized spacial score (nSPS) is 11.0. The molecule has 2 aromatic rings. The van der Waals surface area contributed by atoms with Crippen molar-refractivity contribution in [2.45, 2.75) is 20.5 Å². The number of esters is 1. The number of ether oxygens (including phenoxy) is 3. The standard InChI is InChI=1S/C20H22O4/c1-3-22-19(20(21)23-4-2)14-16-10-12-18(13-11-16)24-15-17-8-6-5-7-9-17/h5-14H,3-4,15H2,1-2H3/b19-14+. The maximum absolute atomic E-state index is 11.8. The smallest absolute Gasteiger partial charge is 0.373 e. The van der Waals surface area contributed by atoms with Crippen LogP contribution in [0, 0.1) is 0 Å². The molecule has 2 rings (SSSR count). The molecule has 24 heavy (non-hydrogen) atoms. The molecular formula is C20H22O4. The van der Waals surface area contributed by atoms with Gasteiger partial charge in [-0.3, -0.25) is 0 Å². The van der Waals surface area contributed by atoms with Crippen LogP contribution in [0.2, 0.25) is 0 Å². The van der Waals surface area contributed by atoms with E-state index in [-0.39, 0.29) is 5.76 Å². The fourth-order valence-corrected chi connectivity index (χ4v) is 2.07. The zero-order chi connectivity index (χ0) is 17.2. The summed E-state index contributed by atoms with van der Waals surface area (Å²) in [5.74, 6) is 0.520. The topological polar surface area (TPSA) is 44.8 Å². The second-order valence-corrected chi connectivity index (χ2v) is 5.01. The van der Waals surface area contributed by atoms with Crippen molar-refractivity contribution in [3.63, 3.8) is 0 Å². The van der Waals surface area contributed by atoms with Crippen molar-refractivity contribution in [2.75, 3.05) is 13.2 Å². The average molecular weight is 326 g/mol. The number of carbonyl (C=O) groups is 1. The van der Waals surface area contributed by atoms with Crippen LogP contribution < -0.4 is 4.74 Å². The van der Waals surface area contributed by atoms with Gasteiger partial charge in [-0.25, -0.2) is 4.79 Å². The monoisotopic (exact) mass is 326 g/mol. The highest BCUT2D eigenvalue weighted by atomic mass is 16.6. The molecule has 0 fully saturated rings. The van der Waals surface area contributed by atoms with E-state index in [0.29, 0.717) is 19.8 Å². The Labute approximate surface area is 142 Å². The van der Waals surface area contributed by atoms with E-state index in [1.54, 1.807) is 13.0 Å². The summed E-state index contributed by atoms with van der Waals surface area (Å²) >= 11 is 0. The van der Waals surface area contributed by atoms with Gasteiger partial charge >= 0.3 is 5.97 Å². The number of hydrogen-bond acceptors (Lipinski definition) is 4. The van der Waals surface area contributed by atoms with E-state index in [0.717, 1.165) is 16.9 Å². The average Bonchev–Trinajstić information content (AvgIpc) is 2.62. The van der Waals surface area contributed by atoms with E-state index in [1.807, 2.05) is 61.5 Å². The second kappa shape index (κ2) is 9.40. The zero-order valence-electron chi connectivity index (χ0n) is 14.0. The number of rotatable bonds is 8. The van der Waals surface area contributed by atoms with Crippen LogP contribution in [0.5, 0.6) is 5.75 Å². The molecule has 0 heterocycles. The minimum atomic E-state index is -0.455. The quantitative estimate of drug-likeness (QED) is 0.414. The van der Waals surface area contributed by atoms with Crippen LogP contribution in [0.3, 0.4) is 0 Å². The van der Waals surface area contributed by atoms with Gasteiger partial charge in [0.15, 0.2) is 0 Å². The number of benzene rings is 2. The molecule has 0 aromatic heterocycles. The third kappa shape index (κ3) is 5.47. The van der Waals surface area contributed by atoms with Gasteiger partial charge in [-0.1, -0.05) is 42.5 Å². The van der Waals surface area contributed by atoms with Gasteiger partial charge in [0, 0.05) is 0 Å². The Morgan fingerprint density at radius 3 is 2.21 bits per heavy atom. The first kappa shape index (κ1) is 17.6. The van der Waals surface area contributed by atoms with Crippen LogP contribution in [0.25, 0.3) is 6.08 Å². The van der Waals surface area contributed by atoms with E-state index in [1.165, 1.54) is 0 Å². The van der Waals surface area contributed by atoms with Gasteiger partial charge in [0.25, 0.3) is 0 Å². The highest BCUT2D eigenvalue weighted by Gasteiger charge is 2.11. The SMILES string of the molecule is CCOC(=O)/C(=C\c1ccc(OCc2ccccc2)cc1)OCC. The Morgan fingerprint density at radius 2 is 1.58 bits per heavy atom. The highest BCUT2D eigenvalue weighted by molar-refractivity contribution is 5.91. The number of carbonyl (C=O) groups excluding carboxylic acids is 1. The maximum atomic E-state index is 11.8. The first-order valence-electron chi connectivity index (χ1n) is 8.01. The molecule has 0 aliphatic heterocycles. The Morgan fingerprint density at radius 1 is 0.917 bits per heavy atom. The Balaban J connectivity index is 2.01. The van der Waals surface area contributed by atoms with Crippen LogP contribution in [0.15, 0.2) is 60.4 Å². The summed E-state index contributed by atoms with van der Waals surface area (Å²) in [6.07, 6.45) is 1.67. The van der Waals surface area contributed by atoms with E-state index >= 15 is 0 Å². The van der Waals surface area contributed by atoms with Crippen molar-refractivity contribution in [1.82, 2.24) is 0 Å². The van der Waals surface area contributed by atoms with Crippen molar-refractivity contribution in [3.8, 4) is 5.75 Å². The minimum Gasteiger partial charge on any atom is -0.489 e. The van der Waals surface area contributed by atoms with E-state index in [9.17, 15) is 4.79 Å². The lowest BCUT2D eigenvalue weighted by Crippen LogP contribution is -2.10. The minimum absolute atomic E-state index is 0.206. The summed E-state index contributed by atoms with van der Waals surface area (Å²) in [5, 5.41) is 0. The van der Waals surface area contributed by atoms with E-state index in [4.69, 9.17) is 14.2 Å². The van der Waals surface area contributed by atoms with E-state index < -0.39 is 5.97 Å². The fraction of sp³-hybridized carbons (Fsp3) is 0.250. The predicted octanol–water partition coefficient (Wildman–Crippen LogP) is 4.21. The van der Waals surface area contributed by atoms with Crippen molar-refractivity contribution < 1.29 is 19.0 Å². The molecule has 0 bridgehead atoms. The third-order valence-electron chi connectivity index (χ3n) is 3.20. The summed E-state index contributed by atoms with van der Waals surface area (Å²) in [6.45, 7) is 4.83. The van der Waals surface area contributed by atoms with Crippen molar-refractivity contribution in [2.24, 2.45) is 0 Å². The molecule has 4 nitrogen and oxygen atoms in total. The molecule has 0 saturated carbocycles. The third-order valence-corrected chi connectivity index (χ3v) is 3.20. The fourth-order valence-electron chi connectivity index (χ4n) is 2.07. The summed E-state index contributed by atoms with van der Waals surface area (Å²) in [6, 6.07) is 17.5. The maximum Gasteiger partial charge on any atom is 0.373 e. The lowest BCUT2D eigenvalue weighted by atomic mass is 10.2. The van der Waals surface area contributed by atoms with Gasteiger partial charge in [0.2, 0.25) is 5.76 Å². The zero-order valence-corrected chi connectivity index (χ0v) is 14.0. The largest absolute Gasteiger partial charge is 0.489 e. The molecule has 0 aliphatic carbocycles. The van der Waals surface area contributed by atoms with Gasteiger partial charge < -0.3 is 14.2 Å². The van der Waals surface area contributed by atoms with Gasteiger partial charge in [0.05, 0.1) is 13.2 Å². The predicted molar refractivity (Wildman–Crippen MR) is 93.5 cm³/mol. The van der Waals surface area contributed by atoms with Crippen molar-refractivity contribution in [1.29, 1.82) is 0 Å². The van der Waals surface area contributed by atoms with Crippen LogP contribution in [-0.4, -0.2) is 19.2 Å². The summed E-state index contributed by atoms with van der Waals surface area (Å²) < 4.78 is 16.1. The van der Waals surface area contributed by atoms with Gasteiger partial charge in [-0.05, 0) is 43.2 Å². The van der Waals surface area contributed by atoms with Crippen LogP contribution in [-0.2, 0) is 20.9 Å². The first-order valence-corrected chi connectivity index (χ1v) is 8.01. The Bertz CT molecular complexity index is 660. The highest BCUT2D eigenvalue weighted by Crippen LogP contribution is 2.17. The molecule has 0 aliphatic rings. The molecule has 126 valence electrons. The van der Waals surface area contributed by atoms with Crippen molar-refractivity contribution >= 4 is 12.0 Å². The molecule has 0 radical (unpaired) electrons. The van der Waals surface area contributed by atoms with Gasteiger partial charge in [0.1, 0.15) is 12.4 Å². The molecule has 0 amide bonds. The van der Waals surface area contributed by atoms with Gasteiger partial charge in [-0.15, -0.1) is 0 Å². The molecule has 0 unspecified atom stereocenters. The number of hydrogen-bond donors (Lipinski definition) is 0. The molecule has 4 heteroatoms. The molecule has 0 saturated heterocycles. The van der Waals surface area contributed by atoms with Crippen LogP contribution >= 0.6 is 0 Å². The Kier molecular flexibility index (Phi) is 6.90.